The fourth-order valence-corrected chi connectivity index (χ4v) is 1.60. The number of aliphatic carboxylic acids is 2. The van der Waals surface area contributed by atoms with E-state index in [2.05, 4.69) is 10.6 Å². The van der Waals surface area contributed by atoms with Gasteiger partial charge in [0.2, 0.25) is 11.8 Å². The van der Waals surface area contributed by atoms with Gasteiger partial charge in [0, 0.05) is 42.4 Å². The summed E-state index contributed by atoms with van der Waals surface area (Å²) >= 11 is 0. The molecule has 0 aromatic heterocycles. The van der Waals surface area contributed by atoms with Gasteiger partial charge in [0.25, 0.3) is 0 Å². The van der Waals surface area contributed by atoms with Crippen molar-refractivity contribution in [2.75, 3.05) is 0 Å². The number of carbonyl (C=O) groups excluding carboxylic acids is 2. The predicted octanol–water partition coefficient (Wildman–Crippen LogP) is -1.68. The molecule has 0 bridgehead atoms. The van der Waals surface area contributed by atoms with Crippen LogP contribution >= 0.6 is 0 Å². The molecule has 2 aliphatic heterocycles. The zero-order chi connectivity index (χ0) is 13.7. The van der Waals surface area contributed by atoms with Gasteiger partial charge in [0.05, 0.1) is 0 Å². The van der Waals surface area contributed by atoms with Crippen LogP contribution in [-0.2, 0) is 19.2 Å². The normalized spacial score (nSPS) is 24.4. The van der Waals surface area contributed by atoms with Gasteiger partial charge in [-0.15, -0.1) is 0 Å². The number of hydrogen-bond donors (Lipinski definition) is 4. The summed E-state index contributed by atoms with van der Waals surface area (Å²) in [6.45, 7) is 0. The molecule has 0 spiro atoms. The molecule has 9 heteroatoms. The smallest absolute Gasteiger partial charge is 0.326 e. The third-order valence-electron chi connectivity index (χ3n) is 2.59. The molecule has 4 N–H and O–H groups in total. The van der Waals surface area contributed by atoms with E-state index in [1.165, 1.54) is 0 Å². The van der Waals surface area contributed by atoms with E-state index < -0.39 is 24.0 Å². The van der Waals surface area contributed by atoms with E-state index in [0.29, 0.717) is 25.7 Å². The molecule has 2 fully saturated rings. The molecular weight excluding hydrogens is 267 g/mol. The summed E-state index contributed by atoms with van der Waals surface area (Å²) in [6.07, 6.45) is 1.54. The molecule has 2 atom stereocenters. The zero-order valence-corrected chi connectivity index (χ0v) is 12.5. The van der Waals surface area contributed by atoms with Crippen molar-refractivity contribution in [1.82, 2.24) is 10.6 Å². The molecule has 2 heterocycles. The summed E-state index contributed by atoms with van der Waals surface area (Å²) in [4.78, 5) is 41.0. The van der Waals surface area contributed by atoms with Crippen LogP contribution in [0.15, 0.2) is 0 Å². The van der Waals surface area contributed by atoms with Gasteiger partial charge in [-0.25, -0.2) is 9.59 Å². The van der Waals surface area contributed by atoms with E-state index in [-0.39, 0.29) is 41.4 Å². The first kappa shape index (κ1) is 17.9. The van der Waals surface area contributed by atoms with E-state index in [1.54, 1.807) is 0 Å². The van der Waals surface area contributed by atoms with E-state index in [9.17, 15) is 19.2 Å². The quantitative estimate of drug-likeness (QED) is 0.447. The summed E-state index contributed by atoms with van der Waals surface area (Å²) in [5.74, 6) is -2.22. The SMILES string of the molecule is O=C1CCC(C(=O)O)N1.O=C1CCC(C(=O)O)N1.[Na]. The minimum Gasteiger partial charge on any atom is -0.480 e. The van der Waals surface area contributed by atoms with Crippen LogP contribution in [0.2, 0.25) is 0 Å². The molecule has 0 aromatic carbocycles. The minimum atomic E-state index is -0.944. The molecule has 2 saturated heterocycles. The summed E-state index contributed by atoms with van der Waals surface area (Å²) in [7, 11) is 0. The van der Waals surface area contributed by atoms with Gasteiger partial charge < -0.3 is 20.8 Å². The second-order valence-electron chi connectivity index (χ2n) is 3.99. The predicted molar refractivity (Wildman–Crippen MR) is 63.4 cm³/mol. The number of carboxylic acid groups (broad SMARTS) is 2. The Morgan fingerprint density at radius 1 is 0.895 bits per heavy atom. The van der Waals surface area contributed by atoms with Crippen molar-refractivity contribution in [3.05, 3.63) is 0 Å². The van der Waals surface area contributed by atoms with Crippen molar-refractivity contribution >= 4 is 53.3 Å². The molecule has 0 aliphatic carbocycles. The maximum absolute atomic E-state index is 10.4. The number of rotatable bonds is 2. The molecule has 1 radical (unpaired) electrons. The van der Waals surface area contributed by atoms with Crippen LogP contribution in [0.1, 0.15) is 25.7 Å². The first-order valence-electron chi connectivity index (χ1n) is 5.44. The van der Waals surface area contributed by atoms with Crippen LogP contribution in [0, 0.1) is 0 Å². The number of amides is 2. The largest absolute Gasteiger partial charge is 0.480 e. The molecule has 2 rings (SSSR count). The third kappa shape index (κ3) is 6.04. The average Bonchev–Trinajstić information content (AvgIpc) is 2.88. The second kappa shape index (κ2) is 8.13. The van der Waals surface area contributed by atoms with Crippen LogP contribution in [0.3, 0.4) is 0 Å². The molecular formula is C10H14N2NaO6. The van der Waals surface area contributed by atoms with Gasteiger partial charge in [-0.1, -0.05) is 0 Å². The molecule has 2 amide bonds. The Labute approximate surface area is 131 Å². The standard InChI is InChI=1S/2C5H7NO3.Na/c2*7-4-2-1-3(6-4)5(8)9;/h2*3H,1-2H2,(H,6,7)(H,8,9);. The molecule has 2 unspecified atom stereocenters. The Hall–Kier alpha value is -1.12. The van der Waals surface area contributed by atoms with Crippen LogP contribution < -0.4 is 10.6 Å². The zero-order valence-electron chi connectivity index (χ0n) is 10.5. The molecule has 8 nitrogen and oxygen atoms in total. The summed E-state index contributed by atoms with van der Waals surface area (Å²) in [5.41, 5.74) is 0. The van der Waals surface area contributed by atoms with E-state index in [1.807, 2.05) is 0 Å². The minimum absolute atomic E-state index is 0. The summed E-state index contributed by atoms with van der Waals surface area (Å²) in [6, 6.07) is -1.28. The average molecular weight is 281 g/mol. The van der Waals surface area contributed by atoms with Crippen molar-refractivity contribution in [3.63, 3.8) is 0 Å². The Morgan fingerprint density at radius 3 is 1.32 bits per heavy atom. The first-order chi connectivity index (χ1) is 8.40. The van der Waals surface area contributed by atoms with Gasteiger partial charge in [0.1, 0.15) is 12.1 Å². The third-order valence-corrected chi connectivity index (χ3v) is 2.59. The Morgan fingerprint density at radius 2 is 1.21 bits per heavy atom. The molecule has 101 valence electrons. The molecule has 0 saturated carbocycles. The number of carbonyl (C=O) groups is 4. The van der Waals surface area contributed by atoms with Crippen molar-refractivity contribution < 1.29 is 29.4 Å². The fourth-order valence-electron chi connectivity index (χ4n) is 1.60. The summed E-state index contributed by atoms with van der Waals surface area (Å²) < 4.78 is 0. The fraction of sp³-hybridized carbons (Fsp3) is 0.600. The number of hydrogen-bond acceptors (Lipinski definition) is 4. The van der Waals surface area contributed by atoms with Crippen molar-refractivity contribution in [3.8, 4) is 0 Å². The van der Waals surface area contributed by atoms with Crippen LogP contribution in [0.5, 0.6) is 0 Å². The summed E-state index contributed by atoms with van der Waals surface area (Å²) in [5, 5.41) is 21.3. The maximum Gasteiger partial charge on any atom is 0.326 e. The molecule has 0 aromatic rings. The maximum atomic E-state index is 10.4. The van der Waals surface area contributed by atoms with Gasteiger partial charge in [-0.3, -0.25) is 9.59 Å². The Bertz CT molecular complexity index is 350. The van der Waals surface area contributed by atoms with E-state index >= 15 is 0 Å². The van der Waals surface area contributed by atoms with Gasteiger partial charge >= 0.3 is 11.9 Å². The second-order valence-corrected chi connectivity index (χ2v) is 3.99. The van der Waals surface area contributed by atoms with Crippen molar-refractivity contribution in [2.24, 2.45) is 0 Å². The number of nitrogens with one attached hydrogen (secondary N) is 2. The van der Waals surface area contributed by atoms with Crippen LogP contribution in [0.4, 0.5) is 0 Å². The molecule has 2 aliphatic rings. The number of carboxylic acids is 2. The molecule has 19 heavy (non-hydrogen) atoms. The Kier molecular flexibility index (Phi) is 7.65. The topological polar surface area (TPSA) is 133 Å². The monoisotopic (exact) mass is 281 g/mol. The van der Waals surface area contributed by atoms with Crippen LogP contribution in [-0.4, -0.2) is 75.6 Å². The van der Waals surface area contributed by atoms with Gasteiger partial charge in [-0.05, 0) is 12.8 Å². The van der Waals surface area contributed by atoms with E-state index in [0.717, 1.165) is 0 Å². The van der Waals surface area contributed by atoms with E-state index in [4.69, 9.17) is 10.2 Å². The van der Waals surface area contributed by atoms with Gasteiger partial charge in [0.15, 0.2) is 0 Å². The Balaban J connectivity index is 0.000000324. The first-order valence-corrected chi connectivity index (χ1v) is 5.44. The van der Waals surface area contributed by atoms with Gasteiger partial charge in [-0.2, -0.15) is 0 Å². The van der Waals surface area contributed by atoms with Crippen LogP contribution in [0.25, 0.3) is 0 Å². The van der Waals surface area contributed by atoms with Crippen molar-refractivity contribution in [2.45, 2.75) is 37.8 Å². The van der Waals surface area contributed by atoms with Crippen molar-refractivity contribution in [1.29, 1.82) is 0 Å².